The summed E-state index contributed by atoms with van der Waals surface area (Å²) >= 11 is 0. The van der Waals surface area contributed by atoms with Crippen molar-refractivity contribution < 1.29 is 14.3 Å². The van der Waals surface area contributed by atoms with Gasteiger partial charge in [-0.15, -0.1) is 0 Å². The van der Waals surface area contributed by atoms with E-state index >= 15 is 0 Å². The smallest absolute Gasteiger partial charge is 0.269 e. The van der Waals surface area contributed by atoms with E-state index in [0.717, 1.165) is 6.20 Å². The summed E-state index contributed by atoms with van der Waals surface area (Å²) in [6.45, 7) is 5.81. The Morgan fingerprint density at radius 3 is 2.72 bits per heavy atom. The fourth-order valence-electron chi connectivity index (χ4n) is 1.82. The van der Waals surface area contributed by atoms with Crippen molar-refractivity contribution >= 4 is 5.91 Å². The van der Waals surface area contributed by atoms with Crippen LogP contribution in [0.3, 0.4) is 0 Å². The van der Waals surface area contributed by atoms with Crippen molar-refractivity contribution in [2.75, 3.05) is 6.54 Å². The van der Waals surface area contributed by atoms with E-state index in [4.69, 9.17) is 0 Å². The van der Waals surface area contributed by atoms with Crippen molar-refractivity contribution in [2.45, 2.75) is 32.8 Å². The molecule has 2 N–H and O–H groups in total. The molecule has 18 heavy (non-hydrogen) atoms. The molecule has 4 nitrogen and oxygen atoms in total. The van der Waals surface area contributed by atoms with Gasteiger partial charge in [-0.3, -0.25) is 4.79 Å². The van der Waals surface area contributed by atoms with E-state index in [9.17, 15) is 14.3 Å². The van der Waals surface area contributed by atoms with Crippen LogP contribution in [0, 0.1) is 11.7 Å². The summed E-state index contributed by atoms with van der Waals surface area (Å²) < 4.78 is 12.6. The monoisotopic (exact) mass is 254 g/mol. The Balaban J connectivity index is 2.53. The number of nitrogens with zero attached hydrogens (tertiary/aromatic N) is 1. The van der Waals surface area contributed by atoms with Crippen molar-refractivity contribution in [1.29, 1.82) is 0 Å². The van der Waals surface area contributed by atoms with E-state index in [1.807, 2.05) is 13.8 Å². The fourth-order valence-corrected chi connectivity index (χ4v) is 1.82. The molecule has 1 amide bonds. The molecule has 0 fully saturated rings. The van der Waals surface area contributed by atoms with E-state index in [1.54, 1.807) is 6.92 Å². The van der Waals surface area contributed by atoms with Gasteiger partial charge in [0.25, 0.3) is 5.91 Å². The molecule has 1 heterocycles. The molecule has 0 saturated heterocycles. The van der Waals surface area contributed by atoms with Gasteiger partial charge >= 0.3 is 0 Å². The van der Waals surface area contributed by atoms with Crippen LogP contribution in [-0.4, -0.2) is 28.1 Å². The molecule has 0 aliphatic rings. The number of halogens is 1. The highest BCUT2D eigenvalue weighted by atomic mass is 19.1. The van der Waals surface area contributed by atoms with Crippen LogP contribution in [0.25, 0.3) is 0 Å². The first-order chi connectivity index (χ1) is 8.30. The van der Waals surface area contributed by atoms with Gasteiger partial charge in [0.1, 0.15) is 11.5 Å². The Labute approximate surface area is 106 Å². The number of hydrogen-bond donors (Lipinski definition) is 2. The lowest BCUT2D eigenvalue weighted by Gasteiger charge is -2.25. The number of hydrogen-bond acceptors (Lipinski definition) is 3. The maximum atomic E-state index is 12.6. The van der Waals surface area contributed by atoms with Gasteiger partial charge in [-0.2, -0.15) is 0 Å². The normalized spacial score (nSPS) is 14.3. The van der Waals surface area contributed by atoms with Gasteiger partial charge in [0.2, 0.25) is 0 Å². The number of nitrogens with one attached hydrogen (secondary N) is 1. The standard InChI is InChI=1S/C13H19FN2O2/c1-9(2)6-13(3,18)8-16-12(17)11-5-4-10(14)7-15-11/h4-5,7,9,18H,6,8H2,1-3H3,(H,16,17). The Morgan fingerprint density at radius 2 is 2.22 bits per heavy atom. The molecule has 0 radical (unpaired) electrons. The van der Waals surface area contributed by atoms with Crippen molar-refractivity contribution in [3.05, 3.63) is 29.8 Å². The number of rotatable bonds is 5. The predicted molar refractivity (Wildman–Crippen MR) is 66.6 cm³/mol. The average molecular weight is 254 g/mol. The van der Waals surface area contributed by atoms with E-state index in [2.05, 4.69) is 10.3 Å². The van der Waals surface area contributed by atoms with Crippen LogP contribution in [0.1, 0.15) is 37.7 Å². The second-order valence-electron chi connectivity index (χ2n) is 5.14. The molecule has 1 aromatic heterocycles. The maximum Gasteiger partial charge on any atom is 0.269 e. The third-order valence-corrected chi connectivity index (χ3v) is 2.44. The quantitative estimate of drug-likeness (QED) is 0.841. The molecule has 1 atom stereocenters. The molecule has 1 unspecified atom stereocenters. The van der Waals surface area contributed by atoms with Crippen molar-refractivity contribution in [3.8, 4) is 0 Å². The summed E-state index contributed by atoms with van der Waals surface area (Å²) in [4.78, 5) is 15.4. The lowest BCUT2D eigenvalue weighted by Crippen LogP contribution is -2.41. The molecule has 0 bridgehead atoms. The van der Waals surface area contributed by atoms with Crippen molar-refractivity contribution in [2.24, 2.45) is 5.92 Å². The first-order valence-corrected chi connectivity index (χ1v) is 5.92. The zero-order valence-corrected chi connectivity index (χ0v) is 10.9. The lowest BCUT2D eigenvalue weighted by molar-refractivity contribution is 0.0367. The summed E-state index contributed by atoms with van der Waals surface area (Å²) in [6, 6.07) is 2.48. The molecule has 0 aliphatic heterocycles. The average Bonchev–Trinajstić information content (AvgIpc) is 2.25. The van der Waals surface area contributed by atoms with E-state index < -0.39 is 17.3 Å². The Kier molecular flexibility index (Phi) is 4.78. The number of aliphatic hydroxyl groups is 1. The van der Waals surface area contributed by atoms with Crippen LogP contribution in [0.5, 0.6) is 0 Å². The molecule has 5 heteroatoms. The second-order valence-corrected chi connectivity index (χ2v) is 5.14. The Hall–Kier alpha value is -1.49. The summed E-state index contributed by atoms with van der Waals surface area (Å²) in [5.74, 6) is -0.571. The molecule has 0 aromatic carbocycles. The highest BCUT2D eigenvalue weighted by Gasteiger charge is 2.23. The number of carbonyl (C=O) groups excluding carboxylic acids is 1. The SMILES string of the molecule is CC(C)CC(C)(O)CNC(=O)c1ccc(F)cn1. The summed E-state index contributed by atoms with van der Waals surface area (Å²) in [5, 5.41) is 12.6. The highest BCUT2D eigenvalue weighted by molar-refractivity contribution is 5.92. The van der Waals surface area contributed by atoms with Gasteiger partial charge in [0.15, 0.2) is 0 Å². The van der Waals surface area contributed by atoms with Crippen LogP contribution in [-0.2, 0) is 0 Å². The van der Waals surface area contributed by atoms with Crippen LogP contribution in [0.4, 0.5) is 4.39 Å². The molecule has 0 spiro atoms. The summed E-state index contributed by atoms with van der Waals surface area (Å²) in [6.07, 6.45) is 1.57. The number of aromatic nitrogens is 1. The van der Waals surface area contributed by atoms with Gasteiger partial charge in [-0.25, -0.2) is 9.37 Å². The van der Waals surface area contributed by atoms with Gasteiger partial charge < -0.3 is 10.4 Å². The molecule has 0 aliphatic carbocycles. The minimum atomic E-state index is -0.955. The Morgan fingerprint density at radius 1 is 1.56 bits per heavy atom. The zero-order chi connectivity index (χ0) is 13.8. The van der Waals surface area contributed by atoms with Crippen LogP contribution < -0.4 is 5.32 Å². The van der Waals surface area contributed by atoms with Gasteiger partial charge in [-0.1, -0.05) is 13.8 Å². The first-order valence-electron chi connectivity index (χ1n) is 5.92. The van der Waals surface area contributed by atoms with Gasteiger partial charge in [0, 0.05) is 6.54 Å². The number of carbonyl (C=O) groups is 1. The molecule has 1 rings (SSSR count). The number of amides is 1. The third-order valence-electron chi connectivity index (χ3n) is 2.44. The molecular formula is C13H19FN2O2. The molecule has 0 saturated carbocycles. The minimum absolute atomic E-state index is 0.136. The summed E-state index contributed by atoms with van der Waals surface area (Å²) in [5.41, 5.74) is -0.819. The highest BCUT2D eigenvalue weighted by Crippen LogP contribution is 2.15. The summed E-state index contributed by atoms with van der Waals surface area (Å²) in [7, 11) is 0. The van der Waals surface area contributed by atoms with Crippen LogP contribution >= 0.6 is 0 Å². The van der Waals surface area contributed by atoms with E-state index in [0.29, 0.717) is 12.3 Å². The largest absolute Gasteiger partial charge is 0.388 e. The molecule has 100 valence electrons. The van der Waals surface area contributed by atoms with Gasteiger partial charge in [0.05, 0.1) is 11.8 Å². The van der Waals surface area contributed by atoms with E-state index in [-0.39, 0.29) is 12.2 Å². The number of pyridine rings is 1. The zero-order valence-electron chi connectivity index (χ0n) is 10.9. The molecule has 1 aromatic rings. The van der Waals surface area contributed by atoms with Crippen molar-refractivity contribution in [1.82, 2.24) is 10.3 Å². The second kappa shape index (κ2) is 5.91. The lowest BCUT2D eigenvalue weighted by atomic mass is 9.94. The van der Waals surface area contributed by atoms with Crippen LogP contribution in [0.15, 0.2) is 18.3 Å². The maximum absolute atomic E-state index is 12.6. The van der Waals surface area contributed by atoms with Gasteiger partial charge in [-0.05, 0) is 31.4 Å². The molecular weight excluding hydrogens is 235 g/mol. The van der Waals surface area contributed by atoms with Crippen molar-refractivity contribution in [3.63, 3.8) is 0 Å². The Bertz CT molecular complexity index is 402. The topological polar surface area (TPSA) is 62.2 Å². The van der Waals surface area contributed by atoms with Crippen LogP contribution in [0.2, 0.25) is 0 Å². The fraction of sp³-hybridized carbons (Fsp3) is 0.538. The minimum Gasteiger partial charge on any atom is -0.388 e. The first kappa shape index (κ1) is 14.6. The van der Waals surface area contributed by atoms with E-state index in [1.165, 1.54) is 12.1 Å². The predicted octanol–water partition coefficient (Wildman–Crippen LogP) is 1.75. The third kappa shape index (κ3) is 4.79.